The molecule has 0 saturated carbocycles. The SMILES string of the molecule is [CH2]Oc1c(F)c(F)c(C(=O)O)c(F)c1F. The van der Waals surface area contributed by atoms with Crippen molar-refractivity contribution in [3.63, 3.8) is 0 Å². The average Bonchev–Trinajstić information content (AvgIpc) is 2.16. The minimum Gasteiger partial charge on any atom is -0.484 e. The van der Waals surface area contributed by atoms with Crippen LogP contribution in [0, 0.1) is 30.4 Å². The molecule has 3 nitrogen and oxygen atoms in total. The van der Waals surface area contributed by atoms with Gasteiger partial charge in [0.25, 0.3) is 0 Å². The summed E-state index contributed by atoms with van der Waals surface area (Å²) in [6.45, 7) is 0. The monoisotopic (exact) mass is 223 g/mol. The minimum absolute atomic E-state index is 1.41. The van der Waals surface area contributed by atoms with Gasteiger partial charge in [-0.15, -0.1) is 0 Å². The van der Waals surface area contributed by atoms with Crippen molar-refractivity contribution < 1.29 is 32.2 Å². The molecule has 1 rings (SSSR count). The highest BCUT2D eigenvalue weighted by atomic mass is 19.2. The van der Waals surface area contributed by atoms with Gasteiger partial charge in [0.1, 0.15) is 12.7 Å². The van der Waals surface area contributed by atoms with Gasteiger partial charge in [-0.05, 0) is 0 Å². The number of carbonyl (C=O) groups is 1. The van der Waals surface area contributed by atoms with Crippen LogP contribution in [0.3, 0.4) is 0 Å². The van der Waals surface area contributed by atoms with Crippen LogP contribution in [0.4, 0.5) is 17.6 Å². The smallest absolute Gasteiger partial charge is 0.341 e. The molecule has 15 heavy (non-hydrogen) atoms. The van der Waals surface area contributed by atoms with Crippen molar-refractivity contribution in [3.8, 4) is 5.75 Å². The van der Waals surface area contributed by atoms with Crippen LogP contribution < -0.4 is 4.74 Å². The molecule has 0 saturated heterocycles. The van der Waals surface area contributed by atoms with Gasteiger partial charge in [0.05, 0.1) is 0 Å². The molecule has 0 unspecified atom stereocenters. The van der Waals surface area contributed by atoms with Gasteiger partial charge in [0.2, 0.25) is 11.6 Å². The van der Waals surface area contributed by atoms with Gasteiger partial charge in [-0.2, -0.15) is 8.78 Å². The fourth-order valence-corrected chi connectivity index (χ4v) is 0.926. The lowest BCUT2D eigenvalue weighted by Gasteiger charge is -2.07. The molecular weight excluding hydrogens is 220 g/mol. The Hall–Kier alpha value is -1.79. The molecule has 0 aromatic heterocycles. The highest BCUT2D eigenvalue weighted by Crippen LogP contribution is 2.29. The Morgan fingerprint density at radius 2 is 1.47 bits per heavy atom. The molecule has 0 atom stereocenters. The first-order valence-corrected chi connectivity index (χ1v) is 3.43. The van der Waals surface area contributed by atoms with Crippen molar-refractivity contribution in [2.24, 2.45) is 0 Å². The van der Waals surface area contributed by atoms with E-state index in [2.05, 4.69) is 11.8 Å². The van der Waals surface area contributed by atoms with E-state index in [1.54, 1.807) is 0 Å². The van der Waals surface area contributed by atoms with Gasteiger partial charge in [0.15, 0.2) is 17.4 Å². The number of halogens is 4. The number of benzene rings is 1. The van der Waals surface area contributed by atoms with Crippen LogP contribution in [0.2, 0.25) is 0 Å². The third-order valence-corrected chi connectivity index (χ3v) is 1.58. The number of hydrogen-bond donors (Lipinski definition) is 1. The Morgan fingerprint density at radius 3 is 1.73 bits per heavy atom. The Bertz CT molecular complexity index is 401. The zero-order chi connectivity index (χ0) is 11.7. The quantitative estimate of drug-likeness (QED) is 0.616. The number of aromatic carboxylic acids is 1. The highest BCUT2D eigenvalue weighted by molar-refractivity contribution is 5.88. The summed E-state index contributed by atoms with van der Waals surface area (Å²) >= 11 is 0. The van der Waals surface area contributed by atoms with E-state index in [-0.39, 0.29) is 0 Å². The molecule has 7 heteroatoms. The summed E-state index contributed by atoms with van der Waals surface area (Å²) in [4.78, 5) is 10.3. The minimum atomic E-state index is -2.13. The molecule has 0 aliphatic carbocycles. The highest BCUT2D eigenvalue weighted by Gasteiger charge is 2.29. The van der Waals surface area contributed by atoms with E-state index < -0.39 is 40.6 Å². The molecule has 1 radical (unpaired) electrons. The van der Waals surface area contributed by atoms with E-state index in [4.69, 9.17) is 5.11 Å². The standard InChI is InChI=1S/C8H3F4O3/c1-15-7-5(11)3(9)2(8(13)14)4(10)6(7)12/h1H2,(H,13,14). The number of rotatable bonds is 2. The van der Waals surface area contributed by atoms with E-state index in [1.165, 1.54) is 0 Å². The van der Waals surface area contributed by atoms with Gasteiger partial charge in [0, 0.05) is 0 Å². The summed E-state index contributed by atoms with van der Waals surface area (Å²) in [7, 11) is 2.57. The Morgan fingerprint density at radius 1 is 1.07 bits per heavy atom. The fraction of sp³-hybridized carbons (Fsp3) is 0. The van der Waals surface area contributed by atoms with E-state index >= 15 is 0 Å². The van der Waals surface area contributed by atoms with Crippen molar-refractivity contribution in [2.45, 2.75) is 0 Å². The Labute approximate surface area is 80.9 Å². The largest absolute Gasteiger partial charge is 0.484 e. The number of ether oxygens (including phenoxy) is 1. The van der Waals surface area contributed by atoms with Crippen molar-refractivity contribution in [3.05, 3.63) is 35.9 Å². The van der Waals surface area contributed by atoms with Gasteiger partial charge in [-0.3, -0.25) is 0 Å². The molecule has 81 valence electrons. The lowest BCUT2D eigenvalue weighted by atomic mass is 10.1. The van der Waals surface area contributed by atoms with Crippen LogP contribution in [0.5, 0.6) is 5.75 Å². The first-order valence-electron chi connectivity index (χ1n) is 3.43. The van der Waals surface area contributed by atoms with Crippen LogP contribution in [0.1, 0.15) is 10.4 Å². The maximum absolute atomic E-state index is 12.9. The summed E-state index contributed by atoms with van der Waals surface area (Å²) in [5, 5.41) is 8.29. The van der Waals surface area contributed by atoms with Crippen LogP contribution >= 0.6 is 0 Å². The molecule has 0 heterocycles. The van der Waals surface area contributed by atoms with Gasteiger partial charge in [-0.1, -0.05) is 0 Å². The van der Waals surface area contributed by atoms with Gasteiger partial charge >= 0.3 is 5.97 Å². The van der Waals surface area contributed by atoms with Crippen LogP contribution in [-0.4, -0.2) is 11.1 Å². The molecule has 0 aliphatic rings. The normalized spacial score (nSPS) is 10.2. The topological polar surface area (TPSA) is 46.5 Å². The Kier molecular flexibility index (Phi) is 2.83. The van der Waals surface area contributed by atoms with Crippen molar-refractivity contribution in [1.82, 2.24) is 0 Å². The number of hydrogen-bond acceptors (Lipinski definition) is 2. The van der Waals surface area contributed by atoms with Crippen molar-refractivity contribution >= 4 is 5.97 Å². The third kappa shape index (κ3) is 1.60. The van der Waals surface area contributed by atoms with Crippen LogP contribution in [0.15, 0.2) is 0 Å². The lowest BCUT2D eigenvalue weighted by Crippen LogP contribution is -2.10. The zero-order valence-corrected chi connectivity index (χ0v) is 6.98. The molecule has 1 aromatic carbocycles. The Balaban J connectivity index is 3.66. The predicted octanol–water partition coefficient (Wildman–Crippen LogP) is 2.11. The maximum atomic E-state index is 12.9. The number of carboxylic acid groups (broad SMARTS) is 1. The molecule has 0 fully saturated rings. The zero-order valence-electron chi connectivity index (χ0n) is 6.98. The van der Waals surface area contributed by atoms with Crippen molar-refractivity contribution in [1.29, 1.82) is 0 Å². The second-order valence-corrected chi connectivity index (χ2v) is 2.41. The second kappa shape index (κ2) is 3.76. The third-order valence-electron chi connectivity index (χ3n) is 1.58. The first kappa shape index (κ1) is 11.3. The predicted molar refractivity (Wildman–Crippen MR) is 39.2 cm³/mol. The van der Waals surface area contributed by atoms with E-state index in [9.17, 15) is 22.4 Å². The summed E-state index contributed by atoms with van der Waals surface area (Å²) < 4.78 is 55.2. The molecule has 1 N–H and O–H groups in total. The summed E-state index contributed by atoms with van der Waals surface area (Å²) in [6, 6.07) is 0. The van der Waals surface area contributed by atoms with E-state index in [0.29, 0.717) is 0 Å². The molecule has 0 bridgehead atoms. The van der Waals surface area contributed by atoms with Gasteiger partial charge < -0.3 is 9.84 Å². The molecule has 1 aromatic rings. The van der Waals surface area contributed by atoms with E-state index in [0.717, 1.165) is 0 Å². The molecule has 0 amide bonds. The summed E-state index contributed by atoms with van der Waals surface area (Å²) in [5.41, 5.74) is -1.72. The maximum Gasteiger partial charge on any atom is 0.341 e. The van der Waals surface area contributed by atoms with Crippen LogP contribution in [0.25, 0.3) is 0 Å². The lowest BCUT2D eigenvalue weighted by molar-refractivity contribution is 0.0683. The fourth-order valence-electron chi connectivity index (χ4n) is 0.926. The summed E-state index contributed by atoms with van der Waals surface area (Å²) in [5.74, 6) is -11.5. The molecule has 0 spiro atoms. The summed E-state index contributed by atoms with van der Waals surface area (Å²) in [6.07, 6.45) is 0. The molecule has 0 aliphatic heterocycles. The van der Waals surface area contributed by atoms with Crippen LogP contribution in [-0.2, 0) is 0 Å². The van der Waals surface area contributed by atoms with Crippen molar-refractivity contribution in [2.75, 3.05) is 0 Å². The van der Waals surface area contributed by atoms with Gasteiger partial charge in [-0.25, -0.2) is 13.6 Å². The second-order valence-electron chi connectivity index (χ2n) is 2.41. The molecular formula is C8H3F4O3. The number of carboxylic acids is 1. The first-order chi connectivity index (χ1) is 6.91. The van der Waals surface area contributed by atoms with E-state index in [1.807, 2.05) is 0 Å². The average molecular weight is 223 g/mol.